The molecule has 2 rings (SSSR count). The summed E-state index contributed by atoms with van der Waals surface area (Å²) in [6.07, 6.45) is 4.42. The number of hydrogen-bond acceptors (Lipinski definition) is 3. The van der Waals surface area contributed by atoms with Gasteiger partial charge in [-0.3, -0.25) is 0 Å². The third-order valence-corrected chi connectivity index (χ3v) is 2.91. The Morgan fingerprint density at radius 2 is 2.05 bits per heavy atom. The molecule has 0 aromatic heterocycles. The van der Waals surface area contributed by atoms with E-state index in [1.54, 1.807) is 6.92 Å². The molecule has 0 spiro atoms. The van der Waals surface area contributed by atoms with Gasteiger partial charge in [0.2, 0.25) is 0 Å². The van der Waals surface area contributed by atoms with Gasteiger partial charge in [-0.05, 0) is 44.4 Å². The van der Waals surface area contributed by atoms with Crippen molar-refractivity contribution in [3.8, 4) is 5.75 Å². The fourth-order valence-electron chi connectivity index (χ4n) is 1.90. The molecule has 1 atom stereocenters. The topological polar surface area (TPSA) is 35.5 Å². The second kappa shape index (κ2) is 6.23. The lowest BCUT2D eigenvalue weighted by molar-refractivity contribution is -0.144. The SMILES string of the molecule is C=C(C)C(=O)OC1CCCC=C1Oc1ccccc1. The summed E-state index contributed by atoms with van der Waals surface area (Å²) in [5.74, 6) is 1.11. The number of carbonyl (C=O) groups excluding carboxylic acids is 1. The fraction of sp³-hybridized carbons (Fsp3) is 0.312. The minimum atomic E-state index is -0.366. The van der Waals surface area contributed by atoms with Crippen molar-refractivity contribution in [1.82, 2.24) is 0 Å². The zero-order valence-electron chi connectivity index (χ0n) is 11.1. The zero-order chi connectivity index (χ0) is 13.7. The van der Waals surface area contributed by atoms with Crippen LogP contribution in [0.15, 0.2) is 54.3 Å². The minimum Gasteiger partial charge on any atom is -0.458 e. The Balaban J connectivity index is 2.06. The first-order valence-electron chi connectivity index (χ1n) is 6.46. The first-order chi connectivity index (χ1) is 9.16. The van der Waals surface area contributed by atoms with Crippen LogP contribution in [0.4, 0.5) is 0 Å². The Morgan fingerprint density at radius 1 is 1.32 bits per heavy atom. The maximum Gasteiger partial charge on any atom is 0.333 e. The molecular weight excluding hydrogens is 240 g/mol. The summed E-state index contributed by atoms with van der Waals surface area (Å²) >= 11 is 0. The van der Waals surface area contributed by atoms with Crippen LogP contribution in [-0.2, 0) is 9.53 Å². The van der Waals surface area contributed by atoms with Crippen molar-refractivity contribution in [2.75, 3.05) is 0 Å². The molecule has 0 N–H and O–H groups in total. The molecule has 3 heteroatoms. The molecule has 3 nitrogen and oxygen atoms in total. The Morgan fingerprint density at radius 3 is 2.74 bits per heavy atom. The molecule has 1 aliphatic carbocycles. The minimum absolute atomic E-state index is 0.307. The van der Waals surface area contributed by atoms with Crippen LogP contribution in [0.2, 0.25) is 0 Å². The first-order valence-corrected chi connectivity index (χ1v) is 6.46. The van der Waals surface area contributed by atoms with E-state index >= 15 is 0 Å². The van der Waals surface area contributed by atoms with E-state index in [2.05, 4.69) is 6.58 Å². The van der Waals surface area contributed by atoms with Crippen molar-refractivity contribution in [3.05, 3.63) is 54.3 Å². The molecule has 0 amide bonds. The number of rotatable bonds is 4. The van der Waals surface area contributed by atoms with E-state index in [0.717, 1.165) is 25.0 Å². The van der Waals surface area contributed by atoms with Gasteiger partial charge >= 0.3 is 5.97 Å². The highest BCUT2D eigenvalue weighted by Crippen LogP contribution is 2.25. The molecule has 1 unspecified atom stereocenters. The summed E-state index contributed by atoms with van der Waals surface area (Å²) in [6.45, 7) is 5.24. The molecule has 0 saturated carbocycles. The van der Waals surface area contributed by atoms with E-state index < -0.39 is 0 Å². The van der Waals surface area contributed by atoms with E-state index in [1.807, 2.05) is 36.4 Å². The predicted octanol–water partition coefficient (Wildman–Crippen LogP) is 3.62. The van der Waals surface area contributed by atoms with E-state index in [4.69, 9.17) is 9.47 Å². The second-order valence-corrected chi connectivity index (χ2v) is 4.63. The fourth-order valence-corrected chi connectivity index (χ4v) is 1.90. The van der Waals surface area contributed by atoms with E-state index in [9.17, 15) is 4.79 Å². The Bertz CT molecular complexity index is 488. The smallest absolute Gasteiger partial charge is 0.333 e. The van der Waals surface area contributed by atoms with E-state index in [1.165, 1.54) is 0 Å². The Hall–Kier alpha value is -2.03. The lowest BCUT2D eigenvalue weighted by Gasteiger charge is -2.24. The van der Waals surface area contributed by atoms with E-state index in [0.29, 0.717) is 11.3 Å². The van der Waals surface area contributed by atoms with Crippen LogP contribution in [0.3, 0.4) is 0 Å². The molecule has 0 aliphatic heterocycles. The largest absolute Gasteiger partial charge is 0.458 e. The summed E-state index contributed by atoms with van der Waals surface area (Å²) in [5.41, 5.74) is 0.407. The van der Waals surface area contributed by atoms with Crippen molar-refractivity contribution >= 4 is 5.97 Å². The molecule has 0 bridgehead atoms. The molecule has 100 valence electrons. The third-order valence-electron chi connectivity index (χ3n) is 2.91. The van der Waals surface area contributed by atoms with Crippen LogP contribution < -0.4 is 4.74 Å². The Labute approximate surface area is 113 Å². The standard InChI is InChI=1S/C16H18O3/c1-12(2)16(17)19-15-11-7-6-10-14(15)18-13-8-4-3-5-9-13/h3-5,8-10,15H,1,6-7,11H2,2H3. The first kappa shape index (κ1) is 13.4. The lowest BCUT2D eigenvalue weighted by Crippen LogP contribution is -2.25. The molecule has 0 fully saturated rings. The van der Waals surface area contributed by atoms with Gasteiger partial charge in [0.25, 0.3) is 0 Å². The van der Waals surface area contributed by atoms with Gasteiger partial charge in [-0.15, -0.1) is 0 Å². The molecule has 0 heterocycles. The van der Waals surface area contributed by atoms with Gasteiger partial charge < -0.3 is 9.47 Å². The molecule has 1 aromatic carbocycles. The van der Waals surface area contributed by atoms with Crippen LogP contribution >= 0.6 is 0 Å². The van der Waals surface area contributed by atoms with Gasteiger partial charge in [-0.1, -0.05) is 24.8 Å². The van der Waals surface area contributed by atoms with Crippen LogP contribution in [0.25, 0.3) is 0 Å². The number of ether oxygens (including phenoxy) is 2. The van der Waals surface area contributed by atoms with Gasteiger partial charge in [0.15, 0.2) is 6.10 Å². The number of carbonyl (C=O) groups is 1. The maximum atomic E-state index is 11.6. The average molecular weight is 258 g/mol. The van der Waals surface area contributed by atoms with Gasteiger partial charge in [-0.2, -0.15) is 0 Å². The molecular formula is C16H18O3. The van der Waals surface area contributed by atoms with Crippen LogP contribution in [-0.4, -0.2) is 12.1 Å². The molecule has 1 aromatic rings. The van der Waals surface area contributed by atoms with Gasteiger partial charge in [0.05, 0.1) is 0 Å². The van der Waals surface area contributed by atoms with Gasteiger partial charge in [0, 0.05) is 5.57 Å². The number of benzene rings is 1. The van der Waals surface area contributed by atoms with E-state index in [-0.39, 0.29) is 12.1 Å². The number of allylic oxidation sites excluding steroid dienone is 1. The summed E-state index contributed by atoms with van der Waals surface area (Å²) in [7, 11) is 0. The molecule has 0 saturated heterocycles. The number of para-hydroxylation sites is 1. The monoisotopic (exact) mass is 258 g/mol. The average Bonchev–Trinajstić information content (AvgIpc) is 2.42. The summed E-state index contributed by atoms with van der Waals surface area (Å²) in [4.78, 5) is 11.6. The Kier molecular flexibility index (Phi) is 4.39. The highest BCUT2D eigenvalue weighted by Gasteiger charge is 2.24. The summed E-state index contributed by atoms with van der Waals surface area (Å²) in [5, 5.41) is 0. The molecule has 0 radical (unpaired) electrons. The van der Waals surface area contributed by atoms with Crippen molar-refractivity contribution < 1.29 is 14.3 Å². The maximum absolute atomic E-state index is 11.6. The lowest BCUT2D eigenvalue weighted by atomic mass is 10.0. The van der Waals surface area contributed by atoms with Crippen molar-refractivity contribution in [2.24, 2.45) is 0 Å². The van der Waals surface area contributed by atoms with Crippen molar-refractivity contribution in [3.63, 3.8) is 0 Å². The predicted molar refractivity (Wildman–Crippen MR) is 73.7 cm³/mol. The quantitative estimate of drug-likeness (QED) is 0.611. The van der Waals surface area contributed by atoms with Gasteiger partial charge in [-0.25, -0.2) is 4.79 Å². The van der Waals surface area contributed by atoms with Crippen LogP contribution in [0.1, 0.15) is 26.2 Å². The summed E-state index contributed by atoms with van der Waals surface area (Å²) in [6, 6.07) is 9.52. The second-order valence-electron chi connectivity index (χ2n) is 4.63. The van der Waals surface area contributed by atoms with Crippen molar-refractivity contribution in [1.29, 1.82) is 0 Å². The number of hydrogen-bond donors (Lipinski definition) is 0. The molecule has 1 aliphatic rings. The molecule has 19 heavy (non-hydrogen) atoms. The number of esters is 1. The van der Waals surface area contributed by atoms with Crippen LogP contribution in [0.5, 0.6) is 5.75 Å². The zero-order valence-corrected chi connectivity index (χ0v) is 11.1. The summed E-state index contributed by atoms with van der Waals surface area (Å²) < 4.78 is 11.2. The van der Waals surface area contributed by atoms with Crippen molar-refractivity contribution in [2.45, 2.75) is 32.3 Å². The highest BCUT2D eigenvalue weighted by molar-refractivity contribution is 5.87. The van der Waals surface area contributed by atoms with Crippen LogP contribution in [0, 0.1) is 0 Å². The normalized spacial score (nSPS) is 18.4. The highest BCUT2D eigenvalue weighted by atomic mass is 16.6. The van der Waals surface area contributed by atoms with Gasteiger partial charge in [0.1, 0.15) is 11.5 Å². The third kappa shape index (κ3) is 3.71.